The Hall–Kier alpha value is -3.53. The van der Waals surface area contributed by atoms with Crippen LogP contribution in [0.2, 0.25) is 0 Å². The van der Waals surface area contributed by atoms with Crippen LogP contribution in [0.4, 0.5) is 5.69 Å². The molecule has 0 bridgehead atoms. The van der Waals surface area contributed by atoms with Gasteiger partial charge in [0.05, 0.1) is 31.3 Å². The summed E-state index contributed by atoms with van der Waals surface area (Å²) in [5.74, 6) is 0.579. The van der Waals surface area contributed by atoms with Crippen molar-refractivity contribution in [3.63, 3.8) is 0 Å². The minimum Gasteiger partial charge on any atom is -0.494 e. The average molecular weight is 424 g/mol. The maximum absolute atomic E-state index is 12.7. The van der Waals surface area contributed by atoms with Crippen molar-refractivity contribution < 1.29 is 23.8 Å². The number of hydrogen-bond donors (Lipinski definition) is 0. The van der Waals surface area contributed by atoms with E-state index in [9.17, 15) is 9.59 Å². The van der Waals surface area contributed by atoms with Crippen molar-refractivity contribution in [1.82, 2.24) is 0 Å². The molecule has 0 saturated heterocycles. The third-order valence-electron chi connectivity index (χ3n) is 4.19. The Morgan fingerprint density at radius 2 is 1.81 bits per heavy atom. The van der Waals surface area contributed by atoms with E-state index in [0.717, 1.165) is 0 Å². The number of nitriles is 1. The van der Waals surface area contributed by atoms with Crippen molar-refractivity contribution in [1.29, 1.82) is 5.26 Å². The maximum atomic E-state index is 12.7. The Bertz CT molecular complexity index is 903. The molecule has 0 fully saturated rings. The largest absolute Gasteiger partial charge is 0.494 e. The van der Waals surface area contributed by atoms with Crippen molar-refractivity contribution in [2.24, 2.45) is 5.92 Å². The molecule has 0 aromatic heterocycles. The van der Waals surface area contributed by atoms with E-state index < -0.39 is 18.5 Å². The van der Waals surface area contributed by atoms with Crippen LogP contribution < -0.4 is 14.4 Å². The quantitative estimate of drug-likeness (QED) is 0.502. The summed E-state index contributed by atoms with van der Waals surface area (Å²) in [6.07, 6.45) is 0.155. The minimum absolute atomic E-state index is 0.155. The molecule has 2 rings (SSSR count). The monoisotopic (exact) mass is 424 g/mol. The van der Waals surface area contributed by atoms with E-state index in [4.69, 9.17) is 19.5 Å². The summed E-state index contributed by atoms with van der Waals surface area (Å²) >= 11 is 0. The molecular weight excluding hydrogens is 396 g/mol. The van der Waals surface area contributed by atoms with Crippen molar-refractivity contribution in [2.45, 2.75) is 27.2 Å². The van der Waals surface area contributed by atoms with Gasteiger partial charge in [-0.15, -0.1) is 0 Å². The van der Waals surface area contributed by atoms with Gasteiger partial charge in [-0.2, -0.15) is 5.26 Å². The molecule has 31 heavy (non-hydrogen) atoms. The Labute approximate surface area is 183 Å². The molecule has 0 N–H and O–H groups in total. The molecule has 0 radical (unpaired) electrons. The van der Waals surface area contributed by atoms with Gasteiger partial charge < -0.3 is 19.1 Å². The minimum atomic E-state index is -0.615. The molecule has 2 aromatic rings. The van der Waals surface area contributed by atoms with Gasteiger partial charge in [-0.25, -0.2) is 4.79 Å². The van der Waals surface area contributed by atoms with E-state index >= 15 is 0 Å². The third-order valence-corrected chi connectivity index (χ3v) is 4.19. The molecule has 0 unspecified atom stereocenters. The van der Waals surface area contributed by atoms with Crippen LogP contribution in [0.5, 0.6) is 11.5 Å². The zero-order chi connectivity index (χ0) is 22.6. The smallest absolute Gasteiger partial charge is 0.338 e. The van der Waals surface area contributed by atoms with E-state index in [1.165, 1.54) is 4.90 Å². The average Bonchev–Trinajstić information content (AvgIpc) is 2.77. The summed E-state index contributed by atoms with van der Waals surface area (Å²) in [6, 6.07) is 15.7. The first-order valence-electron chi connectivity index (χ1n) is 10.2. The van der Waals surface area contributed by atoms with Crippen LogP contribution in [-0.2, 0) is 9.53 Å². The summed E-state index contributed by atoms with van der Waals surface area (Å²) in [5.41, 5.74) is 0.905. The molecule has 0 aliphatic heterocycles. The molecule has 7 nitrogen and oxygen atoms in total. The normalized spacial score (nSPS) is 10.3. The standard InChI is InChI=1S/C24H28N2O5/c1-4-29-21-11-9-20(10-12-21)26(14-6-13-25)23(27)17-31-24(28)19-7-5-8-22(15-19)30-16-18(2)3/h5,7-12,15,18H,4,6,14,16-17H2,1-3H3. The van der Waals surface area contributed by atoms with E-state index in [2.05, 4.69) is 0 Å². The topological polar surface area (TPSA) is 88.9 Å². The van der Waals surface area contributed by atoms with Crippen LogP contribution in [0.15, 0.2) is 48.5 Å². The number of nitrogens with zero attached hydrogens (tertiary/aromatic N) is 2. The lowest BCUT2D eigenvalue weighted by molar-refractivity contribution is -0.121. The van der Waals surface area contributed by atoms with Gasteiger partial charge in [0.15, 0.2) is 6.61 Å². The van der Waals surface area contributed by atoms with E-state index in [1.807, 2.05) is 26.8 Å². The SMILES string of the molecule is CCOc1ccc(N(CCC#N)C(=O)COC(=O)c2cccc(OCC(C)C)c2)cc1. The highest BCUT2D eigenvalue weighted by Crippen LogP contribution is 2.20. The molecular formula is C24H28N2O5. The summed E-state index contributed by atoms with van der Waals surface area (Å²) in [7, 11) is 0. The van der Waals surface area contributed by atoms with Crippen LogP contribution >= 0.6 is 0 Å². The van der Waals surface area contributed by atoms with E-state index in [1.54, 1.807) is 48.5 Å². The van der Waals surface area contributed by atoms with E-state index in [0.29, 0.717) is 41.9 Å². The lowest BCUT2D eigenvalue weighted by Gasteiger charge is -2.22. The Morgan fingerprint density at radius 1 is 1.06 bits per heavy atom. The number of ether oxygens (including phenoxy) is 3. The van der Waals surface area contributed by atoms with Crippen molar-refractivity contribution in [2.75, 3.05) is 31.3 Å². The lowest BCUT2D eigenvalue weighted by atomic mass is 10.2. The van der Waals surface area contributed by atoms with E-state index in [-0.39, 0.29) is 13.0 Å². The second-order valence-electron chi connectivity index (χ2n) is 7.19. The molecule has 0 atom stereocenters. The molecule has 0 saturated carbocycles. The summed E-state index contributed by atoms with van der Waals surface area (Å²) < 4.78 is 16.3. The summed E-state index contributed by atoms with van der Waals surface area (Å²) in [5, 5.41) is 8.92. The molecule has 164 valence electrons. The van der Waals surface area contributed by atoms with Crippen molar-refractivity contribution >= 4 is 17.6 Å². The lowest BCUT2D eigenvalue weighted by Crippen LogP contribution is -2.35. The predicted molar refractivity (Wildman–Crippen MR) is 117 cm³/mol. The van der Waals surface area contributed by atoms with Gasteiger partial charge in [0.25, 0.3) is 5.91 Å². The van der Waals surface area contributed by atoms with Gasteiger partial charge in [-0.05, 0) is 55.3 Å². The van der Waals surface area contributed by atoms with Gasteiger partial charge in [-0.1, -0.05) is 19.9 Å². The number of rotatable bonds is 11. The number of hydrogen-bond acceptors (Lipinski definition) is 6. The van der Waals surface area contributed by atoms with Crippen molar-refractivity contribution in [3.8, 4) is 17.6 Å². The number of anilines is 1. The van der Waals surface area contributed by atoms with Crippen LogP contribution in [0.1, 0.15) is 37.6 Å². The highest BCUT2D eigenvalue weighted by molar-refractivity contribution is 5.97. The number of esters is 1. The molecule has 0 aliphatic carbocycles. The zero-order valence-corrected chi connectivity index (χ0v) is 18.2. The van der Waals surface area contributed by atoms with Gasteiger partial charge in [-0.3, -0.25) is 4.79 Å². The molecule has 0 aliphatic rings. The van der Waals surface area contributed by atoms with Gasteiger partial charge in [0, 0.05) is 12.2 Å². The number of carbonyl (C=O) groups excluding carboxylic acids is 2. The second-order valence-corrected chi connectivity index (χ2v) is 7.19. The Balaban J connectivity index is 2.02. The Kier molecular flexibility index (Phi) is 9.37. The first kappa shape index (κ1) is 23.7. The molecule has 1 amide bonds. The Morgan fingerprint density at radius 3 is 2.45 bits per heavy atom. The molecule has 2 aromatic carbocycles. The zero-order valence-electron chi connectivity index (χ0n) is 18.2. The fourth-order valence-corrected chi connectivity index (χ4v) is 2.71. The highest BCUT2D eigenvalue weighted by Gasteiger charge is 2.18. The second kappa shape index (κ2) is 12.2. The first-order chi connectivity index (χ1) is 14.9. The van der Waals surface area contributed by atoms with Crippen molar-refractivity contribution in [3.05, 3.63) is 54.1 Å². The van der Waals surface area contributed by atoms with Gasteiger partial charge in [0.1, 0.15) is 11.5 Å². The molecule has 7 heteroatoms. The van der Waals surface area contributed by atoms with Crippen LogP contribution in [0.3, 0.4) is 0 Å². The number of carbonyl (C=O) groups is 2. The third kappa shape index (κ3) is 7.67. The highest BCUT2D eigenvalue weighted by atomic mass is 16.5. The predicted octanol–water partition coefficient (Wildman–Crippen LogP) is 4.22. The summed E-state index contributed by atoms with van der Waals surface area (Å²) in [4.78, 5) is 26.6. The van der Waals surface area contributed by atoms with Crippen LogP contribution in [-0.4, -0.2) is 38.2 Å². The van der Waals surface area contributed by atoms with Crippen LogP contribution in [0.25, 0.3) is 0 Å². The summed E-state index contributed by atoms with van der Waals surface area (Å²) in [6.45, 7) is 6.78. The number of amides is 1. The fraction of sp³-hybridized carbons (Fsp3) is 0.375. The van der Waals surface area contributed by atoms with Gasteiger partial charge >= 0.3 is 5.97 Å². The van der Waals surface area contributed by atoms with Gasteiger partial charge in [0.2, 0.25) is 0 Å². The first-order valence-corrected chi connectivity index (χ1v) is 10.2. The molecule has 0 heterocycles. The van der Waals surface area contributed by atoms with Crippen LogP contribution in [0, 0.1) is 17.2 Å². The fourth-order valence-electron chi connectivity index (χ4n) is 2.71. The molecule has 0 spiro atoms. The number of benzene rings is 2. The maximum Gasteiger partial charge on any atom is 0.338 e.